The monoisotopic (exact) mass is 191 g/mol. The molecule has 3 heteroatoms. The van der Waals surface area contributed by atoms with Crippen LogP contribution in [0.2, 0.25) is 0 Å². The summed E-state index contributed by atoms with van der Waals surface area (Å²) in [6, 6.07) is 0. The van der Waals surface area contributed by atoms with Crippen LogP contribution in [0, 0.1) is 5.92 Å². The van der Waals surface area contributed by atoms with Crippen molar-refractivity contribution < 1.29 is 0 Å². The molecule has 1 fully saturated rings. The van der Waals surface area contributed by atoms with Gasteiger partial charge in [-0.05, 0) is 44.6 Å². The number of aryl methyl sites for hydroxylation is 1. The number of hydrogen-bond donors (Lipinski definition) is 2. The van der Waals surface area contributed by atoms with Crippen LogP contribution in [0.3, 0.4) is 0 Å². The van der Waals surface area contributed by atoms with Gasteiger partial charge in [0.15, 0.2) is 0 Å². The lowest BCUT2D eigenvalue weighted by Crippen LogP contribution is -2.22. The second-order valence-electron chi connectivity index (χ2n) is 4.67. The van der Waals surface area contributed by atoms with Crippen molar-refractivity contribution in [2.24, 2.45) is 11.7 Å². The Morgan fingerprint density at radius 2 is 2.21 bits per heavy atom. The van der Waals surface area contributed by atoms with Crippen molar-refractivity contribution in [1.29, 1.82) is 0 Å². The van der Waals surface area contributed by atoms with Gasteiger partial charge in [-0.15, -0.1) is 0 Å². The third kappa shape index (κ3) is 1.36. The van der Waals surface area contributed by atoms with Gasteiger partial charge in [0.25, 0.3) is 0 Å². The Bertz CT molecular complexity index is 338. The highest BCUT2D eigenvalue weighted by Gasteiger charge is 2.29. The number of fused-ring (bicyclic) bond motifs is 1. The second kappa shape index (κ2) is 3.09. The van der Waals surface area contributed by atoms with E-state index in [1.807, 2.05) is 0 Å². The Kier molecular flexibility index (Phi) is 1.87. The smallest absolute Gasteiger partial charge is 0.109 e. The van der Waals surface area contributed by atoms with E-state index in [9.17, 15) is 0 Å². The van der Waals surface area contributed by atoms with Crippen molar-refractivity contribution in [1.82, 2.24) is 9.97 Å². The van der Waals surface area contributed by atoms with Gasteiger partial charge < -0.3 is 10.7 Å². The van der Waals surface area contributed by atoms with E-state index in [0.29, 0.717) is 5.92 Å². The normalized spacial score (nSPS) is 26.2. The van der Waals surface area contributed by atoms with Crippen molar-refractivity contribution in [2.45, 2.75) is 38.0 Å². The summed E-state index contributed by atoms with van der Waals surface area (Å²) in [5, 5.41) is 0. The summed E-state index contributed by atoms with van der Waals surface area (Å²) in [7, 11) is 0. The highest BCUT2D eigenvalue weighted by atomic mass is 15.0. The Balaban J connectivity index is 1.85. The maximum atomic E-state index is 5.71. The van der Waals surface area contributed by atoms with Gasteiger partial charge in [-0.2, -0.15) is 0 Å². The lowest BCUT2D eigenvalue weighted by Gasteiger charge is -2.18. The molecule has 3 rings (SSSR count). The molecule has 0 saturated heterocycles. The van der Waals surface area contributed by atoms with Crippen LogP contribution in [0.15, 0.2) is 0 Å². The molecular weight excluding hydrogens is 174 g/mol. The first-order valence-corrected chi connectivity index (χ1v) is 5.64. The van der Waals surface area contributed by atoms with Crippen molar-refractivity contribution in [3.8, 4) is 0 Å². The fourth-order valence-electron chi connectivity index (χ4n) is 2.33. The van der Waals surface area contributed by atoms with Crippen LogP contribution in [0.5, 0.6) is 0 Å². The van der Waals surface area contributed by atoms with Crippen molar-refractivity contribution >= 4 is 0 Å². The molecule has 3 nitrogen and oxygen atoms in total. The summed E-state index contributed by atoms with van der Waals surface area (Å²) in [5.41, 5.74) is 8.39. The molecule has 0 amide bonds. The molecule has 0 spiro atoms. The van der Waals surface area contributed by atoms with Crippen molar-refractivity contribution in [3.63, 3.8) is 0 Å². The Hall–Kier alpha value is -0.830. The van der Waals surface area contributed by atoms with Gasteiger partial charge in [0.05, 0.1) is 5.69 Å². The first kappa shape index (κ1) is 8.48. The summed E-state index contributed by atoms with van der Waals surface area (Å²) in [6.07, 6.45) is 6.11. The summed E-state index contributed by atoms with van der Waals surface area (Å²) in [5.74, 6) is 2.67. The van der Waals surface area contributed by atoms with Crippen molar-refractivity contribution in [2.75, 3.05) is 6.54 Å². The van der Waals surface area contributed by atoms with E-state index >= 15 is 0 Å². The minimum atomic E-state index is 0.676. The number of aromatic amines is 1. The quantitative estimate of drug-likeness (QED) is 0.741. The highest BCUT2D eigenvalue weighted by Crippen LogP contribution is 2.39. The van der Waals surface area contributed by atoms with E-state index in [0.717, 1.165) is 25.3 Å². The largest absolute Gasteiger partial charge is 0.345 e. The van der Waals surface area contributed by atoms with E-state index in [4.69, 9.17) is 5.73 Å². The number of imidazole rings is 1. The zero-order valence-corrected chi connectivity index (χ0v) is 8.42. The van der Waals surface area contributed by atoms with Gasteiger partial charge in [-0.3, -0.25) is 0 Å². The van der Waals surface area contributed by atoms with E-state index < -0.39 is 0 Å². The van der Waals surface area contributed by atoms with Crippen LogP contribution >= 0.6 is 0 Å². The van der Waals surface area contributed by atoms with Gasteiger partial charge >= 0.3 is 0 Å². The van der Waals surface area contributed by atoms with Crippen LogP contribution in [0.25, 0.3) is 0 Å². The van der Waals surface area contributed by atoms with Crippen LogP contribution in [-0.4, -0.2) is 16.5 Å². The number of hydrogen-bond acceptors (Lipinski definition) is 2. The molecule has 1 unspecified atom stereocenters. The minimum absolute atomic E-state index is 0.676. The molecule has 76 valence electrons. The van der Waals surface area contributed by atoms with Crippen molar-refractivity contribution in [3.05, 3.63) is 17.2 Å². The fourth-order valence-corrected chi connectivity index (χ4v) is 2.33. The molecule has 0 bridgehead atoms. The van der Waals surface area contributed by atoms with E-state index in [2.05, 4.69) is 9.97 Å². The third-order valence-corrected chi connectivity index (χ3v) is 3.46. The molecule has 3 N–H and O–H groups in total. The third-order valence-electron chi connectivity index (χ3n) is 3.46. The average molecular weight is 191 g/mol. The molecule has 0 aromatic carbocycles. The molecule has 1 aromatic heterocycles. The van der Waals surface area contributed by atoms with Crippen LogP contribution < -0.4 is 5.73 Å². The lowest BCUT2D eigenvalue weighted by molar-refractivity contribution is 0.461. The zero-order chi connectivity index (χ0) is 9.54. The number of aromatic nitrogens is 2. The molecule has 1 saturated carbocycles. The summed E-state index contributed by atoms with van der Waals surface area (Å²) >= 11 is 0. The second-order valence-corrected chi connectivity index (χ2v) is 4.67. The Labute approximate surface area is 84.1 Å². The number of nitrogens with zero attached hydrogens (tertiary/aromatic N) is 1. The molecular formula is C11H17N3. The van der Waals surface area contributed by atoms with Crippen LogP contribution in [0.1, 0.15) is 42.4 Å². The number of nitrogens with two attached hydrogens (primary N) is 1. The standard InChI is InChI=1S/C11H17N3/c12-6-7-1-4-9-10(5-7)14-11(13-9)8-2-3-8/h7-8H,1-6,12H2,(H,13,14). The van der Waals surface area contributed by atoms with E-state index in [1.165, 1.54) is 36.5 Å². The minimum Gasteiger partial charge on any atom is -0.345 e. The van der Waals surface area contributed by atoms with Crippen LogP contribution in [0.4, 0.5) is 0 Å². The van der Waals surface area contributed by atoms with Gasteiger partial charge in [0, 0.05) is 11.6 Å². The first-order valence-electron chi connectivity index (χ1n) is 5.64. The maximum absolute atomic E-state index is 5.71. The number of rotatable bonds is 2. The van der Waals surface area contributed by atoms with Gasteiger partial charge in [0.2, 0.25) is 0 Å². The fraction of sp³-hybridized carbons (Fsp3) is 0.727. The maximum Gasteiger partial charge on any atom is 0.109 e. The topological polar surface area (TPSA) is 54.7 Å². The molecule has 0 aliphatic heterocycles. The predicted octanol–water partition coefficient (Wildman–Crippen LogP) is 1.35. The zero-order valence-electron chi connectivity index (χ0n) is 8.42. The van der Waals surface area contributed by atoms with Gasteiger partial charge in [-0.1, -0.05) is 0 Å². The molecule has 1 atom stereocenters. The summed E-state index contributed by atoms with van der Waals surface area (Å²) in [4.78, 5) is 8.18. The summed E-state index contributed by atoms with van der Waals surface area (Å²) < 4.78 is 0. The summed E-state index contributed by atoms with van der Waals surface area (Å²) in [6.45, 7) is 0.817. The van der Waals surface area contributed by atoms with Crippen LogP contribution in [-0.2, 0) is 12.8 Å². The SMILES string of the molecule is NCC1CCc2nc(C3CC3)[nH]c2C1. The molecule has 14 heavy (non-hydrogen) atoms. The molecule has 2 aliphatic rings. The molecule has 0 radical (unpaired) electrons. The molecule has 1 aromatic rings. The number of nitrogens with one attached hydrogen (secondary N) is 1. The van der Waals surface area contributed by atoms with E-state index in [-0.39, 0.29) is 0 Å². The van der Waals surface area contributed by atoms with Gasteiger partial charge in [-0.25, -0.2) is 4.98 Å². The molecule has 1 heterocycles. The number of H-pyrrole nitrogens is 1. The average Bonchev–Trinajstić information content (AvgIpc) is 2.97. The highest BCUT2D eigenvalue weighted by molar-refractivity contribution is 5.22. The lowest BCUT2D eigenvalue weighted by atomic mass is 9.90. The molecule has 2 aliphatic carbocycles. The van der Waals surface area contributed by atoms with E-state index in [1.54, 1.807) is 0 Å². The first-order chi connectivity index (χ1) is 6.86. The Morgan fingerprint density at radius 3 is 2.93 bits per heavy atom. The predicted molar refractivity (Wildman–Crippen MR) is 55.1 cm³/mol. The van der Waals surface area contributed by atoms with Gasteiger partial charge in [0.1, 0.15) is 5.82 Å². The Morgan fingerprint density at radius 1 is 1.36 bits per heavy atom.